The maximum Gasteiger partial charge on any atom is 0.330 e. The van der Waals surface area contributed by atoms with Crippen LogP contribution >= 0.6 is 0 Å². The first-order chi connectivity index (χ1) is 11.0. The zero-order valence-corrected chi connectivity index (χ0v) is 16.4. The molecular formula is C16H28N2O5Si. The van der Waals surface area contributed by atoms with Gasteiger partial charge in [0.05, 0.1) is 27.1 Å². The van der Waals surface area contributed by atoms with E-state index in [1.807, 2.05) is 20.8 Å². The van der Waals surface area contributed by atoms with E-state index >= 15 is 0 Å². The quantitative estimate of drug-likeness (QED) is 0.766. The number of hydrogen-bond acceptors (Lipinski definition) is 5. The number of aromatic nitrogens is 2. The van der Waals surface area contributed by atoms with Gasteiger partial charge in [0.25, 0.3) is 5.56 Å². The number of aryl methyl sites for hydroxylation is 1. The Hall–Kier alpha value is -1.22. The summed E-state index contributed by atoms with van der Waals surface area (Å²) >= 11 is 0. The number of aromatic amines is 1. The molecule has 1 aromatic rings. The minimum atomic E-state index is -1.59. The Morgan fingerprint density at radius 1 is 1.46 bits per heavy atom. The lowest BCUT2D eigenvalue weighted by Gasteiger charge is -2.35. The van der Waals surface area contributed by atoms with Gasteiger partial charge in [-0.3, -0.25) is 14.3 Å². The SMILES string of the molecule is Cc1cn([C@@]2([SiH](C)C)C[C@H](O)[C@H](COC(C)(C)C)O2)c(=O)[nH]c1=O. The minimum Gasteiger partial charge on any atom is -0.390 e. The summed E-state index contributed by atoms with van der Waals surface area (Å²) in [6, 6.07) is 0. The smallest absolute Gasteiger partial charge is 0.330 e. The number of rotatable bonds is 4. The van der Waals surface area contributed by atoms with Crippen LogP contribution in [0.2, 0.25) is 13.1 Å². The summed E-state index contributed by atoms with van der Waals surface area (Å²) in [6.45, 7) is 11.8. The van der Waals surface area contributed by atoms with Crippen LogP contribution in [0.25, 0.3) is 0 Å². The molecule has 24 heavy (non-hydrogen) atoms. The van der Waals surface area contributed by atoms with Crippen LogP contribution in [-0.4, -0.2) is 47.9 Å². The minimum absolute atomic E-state index is 0.255. The molecule has 1 saturated heterocycles. The van der Waals surface area contributed by atoms with Gasteiger partial charge in [0.15, 0.2) is 0 Å². The van der Waals surface area contributed by atoms with Gasteiger partial charge < -0.3 is 14.6 Å². The van der Waals surface area contributed by atoms with Gasteiger partial charge in [-0.2, -0.15) is 0 Å². The van der Waals surface area contributed by atoms with Crippen LogP contribution in [0.3, 0.4) is 0 Å². The molecule has 2 heterocycles. The third-order valence-electron chi connectivity index (χ3n) is 4.40. The van der Waals surface area contributed by atoms with Crippen molar-refractivity contribution in [2.45, 2.75) is 70.4 Å². The number of nitrogens with one attached hydrogen (secondary N) is 1. The van der Waals surface area contributed by atoms with Crippen molar-refractivity contribution in [2.24, 2.45) is 0 Å². The van der Waals surface area contributed by atoms with Gasteiger partial charge in [-0.25, -0.2) is 4.79 Å². The van der Waals surface area contributed by atoms with Gasteiger partial charge in [0, 0.05) is 18.2 Å². The van der Waals surface area contributed by atoms with E-state index in [1.54, 1.807) is 6.92 Å². The van der Waals surface area contributed by atoms with Crippen LogP contribution in [0.4, 0.5) is 0 Å². The Morgan fingerprint density at radius 3 is 2.62 bits per heavy atom. The number of nitrogens with zero attached hydrogens (tertiary/aromatic N) is 1. The fourth-order valence-corrected chi connectivity index (χ4v) is 4.86. The molecule has 2 N–H and O–H groups in total. The van der Waals surface area contributed by atoms with E-state index < -0.39 is 37.6 Å². The highest BCUT2D eigenvalue weighted by molar-refractivity contribution is 6.58. The Balaban J connectivity index is 2.39. The molecule has 136 valence electrons. The van der Waals surface area contributed by atoms with Crippen LogP contribution < -0.4 is 11.2 Å². The maximum atomic E-state index is 12.4. The predicted octanol–water partition coefficient (Wildman–Crippen LogP) is 0.489. The zero-order valence-electron chi connectivity index (χ0n) is 15.3. The second kappa shape index (κ2) is 6.59. The molecule has 8 heteroatoms. The molecule has 0 saturated carbocycles. The van der Waals surface area contributed by atoms with Crippen molar-refractivity contribution in [3.63, 3.8) is 0 Å². The molecule has 0 amide bonds. The van der Waals surface area contributed by atoms with Crippen molar-refractivity contribution in [1.29, 1.82) is 0 Å². The van der Waals surface area contributed by atoms with Gasteiger partial charge >= 0.3 is 5.69 Å². The van der Waals surface area contributed by atoms with Gasteiger partial charge in [-0.15, -0.1) is 0 Å². The molecule has 3 atom stereocenters. The van der Waals surface area contributed by atoms with Gasteiger partial charge in [-0.05, 0) is 27.7 Å². The summed E-state index contributed by atoms with van der Waals surface area (Å²) in [5.41, 5.74) is -0.801. The van der Waals surface area contributed by atoms with E-state index in [1.165, 1.54) is 10.8 Å². The van der Waals surface area contributed by atoms with Crippen molar-refractivity contribution in [3.8, 4) is 0 Å². The monoisotopic (exact) mass is 356 g/mol. The summed E-state index contributed by atoms with van der Waals surface area (Å²) in [6.07, 6.45) is 0.633. The topological polar surface area (TPSA) is 93.6 Å². The predicted molar refractivity (Wildman–Crippen MR) is 94.1 cm³/mol. The molecule has 0 spiro atoms. The Morgan fingerprint density at radius 2 is 2.08 bits per heavy atom. The summed E-state index contributed by atoms with van der Waals surface area (Å²) in [5.74, 6) is 0. The van der Waals surface area contributed by atoms with Crippen LogP contribution in [0.15, 0.2) is 15.8 Å². The average Bonchev–Trinajstić information content (AvgIpc) is 2.78. The largest absolute Gasteiger partial charge is 0.390 e. The van der Waals surface area contributed by atoms with Crippen LogP contribution in [-0.2, 0) is 14.8 Å². The van der Waals surface area contributed by atoms with Gasteiger partial charge in [0.2, 0.25) is 0 Å². The van der Waals surface area contributed by atoms with Crippen LogP contribution in [0.5, 0.6) is 0 Å². The lowest BCUT2D eigenvalue weighted by molar-refractivity contribution is -0.114. The van der Waals surface area contributed by atoms with Crippen LogP contribution in [0, 0.1) is 6.92 Å². The van der Waals surface area contributed by atoms with Crippen molar-refractivity contribution in [1.82, 2.24) is 9.55 Å². The lowest BCUT2D eigenvalue weighted by atomic mass is 10.1. The van der Waals surface area contributed by atoms with E-state index in [4.69, 9.17) is 9.47 Å². The van der Waals surface area contributed by atoms with E-state index in [2.05, 4.69) is 18.1 Å². The fraction of sp³-hybridized carbons (Fsp3) is 0.750. The van der Waals surface area contributed by atoms with E-state index in [0.29, 0.717) is 12.0 Å². The molecule has 1 aromatic heterocycles. The van der Waals surface area contributed by atoms with Gasteiger partial charge in [0.1, 0.15) is 11.5 Å². The number of ether oxygens (including phenoxy) is 2. The normalized spacial score (nSPS) is 27.8. The zero-order chi connectivity index (χ0) is 18.3. The first kappa shape index (κ1) is 19.1. The van der Waals surface area contributed by atoms with E-state index in [0.717, 1.165) is 0 Å². The van der Waals surface area contributed by atoms with Crippen molar-refractivity contribution in [2.75, 3.05) is 6.61 Å². The summed E-state index contributed by atoms with van der Waals surface area (Å²) < 4.78 is 13.4. The number of H-pyrrole nitrogens is 1. The van der Waals surface area contributed by atoms with E-state index in [-0.39, 0.29) is 12.2 Å². The second-order valence-electron chi connectivity index (χ2n) is 7.79. The highest BCUT2D eigenvalue weighted by Crippen LogP contribution is 2.37. The molecule has 7 nitrogen and oxygen atoms in total. The third kappa shape index (κ3) is 3.71. The first-order valence-electron chi connectivity index (χ1n) is 8.29. The molecule has 0 radical (unpaired) electrons. The fourth-order valence-electron chi connectivity index (χ4n) is 2.95. The number of aliphatic hydroxyl groups is 1. The highest BCUT2D eigenvalue weighted by Gasteiger charge is 2.50. The van der Waals surface area contributed by atoms with Crippen molar-refractivity contribution in [3.05, 3.63) is 32.6 Å². The Kier molecular flexibility index (Phi) is 5.24. The summed E-state index contributed by atoms with van der Waals surface area (Å²) in [4.78, 5) is 26.3. The number of aliphatic hydroxyl groups excluding tert-OH is 1. The standard InChI is InChI=1S/C16H28N2O5Si/c1-10-8-18(14(21)17-13(10)20)16(24(5)6)7-11(19)12(23-16)9-22-15(2,3)4/h8,11-12,19,24H,7,9H2,1-6H3,(H,17,20,21)/t11-,12-,16-/m0/s1. The summed E-state index contributed by atoms with van der Waals surface area (Å²) in [5, 5.41) is 9.60. The molecule has 0 aromatic carbocycles. The molecule has 1 aliphatic rings. The first-order valence-corrected chi connectivity index (χ1v) is 11.2. The third-order valence-corrected chi connectivity index (χ3v) is 6.85. The molecule has 0 aliphatic carbocycles. The molecule has 2 rings (SSSR count). The summed E-state index contributed by atoms with van der Waals surface area (Å²) in [7, 11) is -1.59. The van der Waals surface area contributed by atoms with Crippen molar-refractivity contribution < 1.29 is 14.6 Å². The Bertz CT molecular complexity index is 706. The Labute approximate surface area is 143 Å². The van der Waals surface area contributed by atoms with Crippen LogP contribution in [0.1, 0.15) is 32.8 Å². The molecule has 0 bridgehead atoms. The van der Waals surface area contributed by atoms with Gasteiger partial charge in [-0.1, -0.05) is 13.1 Å². The maximum absolute atomic E-state index is 12.4. The molecular weight excluding hydrogens is 328 g/mol. The van der Waals surface area contributed by atoms with E-state index in [9.17, 15) is 14.7 Å². The molecule has 0 unspecified atom stereocenters. The number of hydrogen-bond donors (Lipinski definition) is 2. The average molecular weight is 356 g/mol. The highest BCUT2D eigenvalue weighted by atomic mass is 28.3. The van der Waals surface area contributed by atoms with Crippen molar-refractivity contribution >= 4 is 8.80 Å². The lowest BCUT2D eigenvalue weighted by Crippen LogP contribution is -2.52. The molecule has 1 aliphatic heterocycles. The molecule has 1 fully saturated rings. The second-order valence-corrected chi connectivity index (χ2v) is 11.0.